The highest BCUT2D eigenvalue weighted by molar-refractivity contribution is 4.99. The van der Waals surface area contributed by atoms with E-state index in [0.717, 1.165) is 14.1 Å². The van der Waals surface area contributed by atoms with Gasteiger partial charge in [0.05, 0.1) is 0 Å². The van der Waals surface area contributed by atoms with Crippen molar-refractivity contribution in [2.24, 2.45) is 0 Å². The standard InChI is InChI=1S/2C6H6.2C3H8.2CH3NO2/c2*1-2-4-6-5-3-1;2*1-3-2;2*1-2(3)4/h2*1-6H;2*3H2,1-2H3;2*1H3. The third-order valence-corrected chi connectivity index (χ3v) is 1.33. The fourth-order valence-corrected chi connectivity index (χ4v) is 0.770. The summed E-state index contributed by atoms with van der Waals surface area (Å²) in [5.41, 5.74) is 0. The van der Waals surface area contributed by atoms with Crippen LogP contribution in [-0.4, -0.2) is 23.9 Å². The fraction of sp³-hybridized carbons (Fsp3) is 0.400. The molecule has 26 heavy (non-hydrogen) atoms. The van der Waals surface area contributed by atoms with E-state index in [9.17, 15) is 0 Å². The Balaban J connectivity index is -0.000000115. The summed E-state index contributed by atoms with van der Waals surface area (Å²) in [4.78, 5) is 16.6. The Labute approximate surface area is 158 Å². The molecular weight excluding hydrogens is 332 g/mol. The molecule has 0 unspecified atom stereocenters. The van der Waals surface area contributed by atoms with Gasteiger partial charge in [0.1, 0.15) is 0 Å². The molecule has 6 nitrogen and oxygen atoms in total. The zero-order valence-corrected chi connectivity index (χ0v) is 16.9. The summed E-state index contributed by atoms with van der Waals surface area (Å²) < 4.78 is 0. The predicted molar refractivity (Wildman–Crippen MR) is 111 cm³/mol. The molecular formula is C20H34N2O4. The first-order valence-corrected chi connectivity index (χ1v) is 8.45. The number of hydrogen-bond acceptors (Lipinski definition) is 4. The Bertz CT molecular complexity index is 359. The van der Waals surface area contributed by atoms with Crippen LogP contribution >= 0.6 is 0 Å². The zero-order valence-electron chi connectivity index (χ0n) is 16.9. The van der Waals surface area contributed by atoms with Crippen molar-refractivity contribution in [3.8, 4) is 0 Å². The van der Waals surface area contributed by atoms with Crippen molar-refractivity contribution in [1.29, 1.82) is 0 Å². The van der Waals surface area contributed by atoms with Crippen LogP contribution in [-0.2, 0) is 0 Å². The molecule has 2 aromatic carbocycles. The summed E-state index contributed by atoms with van der Waals surface area (Å²) in [7, 11) is 1.78. The monoisotopic (exact) mass is 366 g/mol. The van der Waals surface area contributed by atoms with Gasteiger partial charge in [0.25, 0.3) is 0 Å². The lowest BCUT2D eigenvalue weighted by Gasteiger charge is -1.69. The van der Waals surface area contributed by atoms with Crippen LogP contribution in [0.15, 0.2) is 72.8 Å². The zero-order chi connectivity index (χ0) is 21.1. The van der Waals surface area contributed by atoms with E-state index in [2.05, 4.69) is 27.7 Å². The third kappa shape index (κ3) is 102. The fourth-order valence-electron chi connectivity index (χ4n) is 0.770. The summed E-state index contributed by atoms with van der Waals surface area (Å²) in [5.74, 6) is 0. The molecule has 0 aliphatic carbocycles. The van der Waals surface area contributed by atoms with Gasteiger partial charge in [-0.2, -0.15) is 0 Å². The van der Waals surface area contributed by atoms with E-state index in [4.69, 9.17) is 20.2 Å². The van der Waals surface area contributed by atoms with Crippen LogP contribution in [0.5, 0.6) is 0 Å². The molecule has 0 N–H and O–H groups in total. The minimum Gasteiger partial charge on any atom is -0.265 e. The van der Waals surface area contributed by atoms with E-state index in [1.165, 1.54) is 12.8 Å². The third-order valence-electron chi connectivity index (χ3n) is 1.33. The maximum Gasteiger partial charge on any atom is 0.194 e. The highest BCUT2D eigenvalue weighted by Gasteiger charge is 1.59. The molecule has 2 aromatic rings. The van der Waals surface area contributed by atoms with Gasteiger partial charge in [-0.15, -0.1) is 0 Å². The van der Waals surface area contributed by atoms with Gasteiger partial charge in [-0.05, 0) is 0 Å². The Kier molecular flexibility index (Phi) is 40.3. The maximum absolute atomic E-state index is 8.81. The average molecular weight is 367 g/mol. The number of benzene rings is 2. The molecule has 0 aromatic heterocycles. The van der Waals surface area contributed by atoms with Gasteiger partial charge < -0.3 is 0 Å². The quantitative estimate of drug-likeness (QED) is 0.423. The molecule has 0 spiro atoms. The van der Waals surface area contributed by atoms with E-state index in [1.54, 1.807) is 0 Å². The molecule has 0 saturated carbocycles. The Hall–Kier alpha value is -2.76. The topological polar surface area (TPSA) is 86.3 Å². The highest BCUT2D eigenvalue weighted by atomic mass is 16.6. The molecule has 0 atom stereocenters. The van der Waals surface area contributed by atoms with Gasteiger partial charge in [0, 0.05) is 9.85 Å². The van der Waals surface area contributed by atoms with Crippen LogP contribution in [0.25, 0.3) is 0 Å². The van der Waals surface area contributed by atoms with Crippen molar-refractivity contribution < 1.29 is 9.85 Å². The number of hydrogen-bond donors (Lipinski definition) is 0. The van der Waals surface area contributed by atoms with E-state index in [1.807, 2.05) is 72.8 Å². The highest BCUT2D eigenvalue weighted by Crippen LogP contribution is 1.80. The molecule has 0 saturated heterocycles. The minimum absolute atomic E-state index is 0.500. The van der Waals surface area contributed by atoms with Gasteiger partial charge in [-0.1, -0.05) is 113 Å². The largest absolute Gasteiger partial charge is 0.265 e. The summed E-state index contributed by atoms with van der Waals surface area (Å²) in [6.45, 7) is 8.50. The SMILES string of the molecule is CCC.CCC.C[N+](=O)[O-].C[N+](=O)[O-].c1ccccc1.c1ccccc1. The van der Waals surface area contributed by atoms with Gasteiger partial charge in [-0.3, -0.25) is 20.2 Å². The molecule has 0 radical (unpaired) electrons. The molecule has 0 aliphatic rings. The van der Waals surface area contributed by atoms with Crippen LogP contribution < -0.4 is 0 Å². The molecule has 0 heterocycles. The summed E-state index contributed by atoms with van der Waals surface area (Å²) >= 11 is 0. The van der Waals surface area contributed by atoms with Gasteiger partial charge in [0.15, 0.2) is 14.1 Å². The van der Waals surface area contributed by atoms with E-state index < -0.39 is 9.85 Å². The molecule has 0 aliphatic heterocycles. The number of rotatable bonds is 0. The predicted octanol–water partition coefficient (Wildman–Crippen LogP) is 5.99. The summed E-state index contributed by atoms with van der Waals surface area (Å²) in [5, 5.41) is 17.6. The van der Waals surface area contributed by atoms with E-state index >= 15 is 0 Å². The van der Waals surface area contributed by atoms with Crippen molar-refractivity contribution in [3.63, 3.8) is 0 Å². The van der Waals surface area contributed by atoms with Crippen LogP contribution in [0.1, 0.15) is 40.5 Å². The molecule has 0 fully saturated rings. The first kappa shape index (κ1) is 31.1. The van der Waals surface area contributed by atoms with Crippen molar-refractivity contribution in [1.82, 2.24) is 0 Å². The number of nitrogens with zero attached hydrogens (tertiary/aromatic N) is 2. The van der Waals surface area contributed by atoms with E-state index in [0.29, 0.717) is 0 Å². The Morgan fingerprint density at radius 3 is 0.577 bits per heavy atom. The van der Waals surface area contributed by atoms with Crippen molar-refractivity contribution in [2.75, 3.05) is 14.1 Å². The maximum atomic E-state index is 8.81. The smallest absolute Gasteiger partial charge is 0.194 e. The second kappa shape index (κ2) is 33.8. The van der Waals surface area contributed by atoms with Gasteiger partial charge in [-0.25, -0.2) is 0 Å². The first-order valence-electron chi connectivity index (χ1n) is 8.45. The molecule has 0 bridgehead atoms. The van der Waals surface area contributed by atoms with Crippen LogP contribution in [0, 0.1) is 20.2 Å². The van der Waals surface area contributed by atoms with Gasteiger partial charge in [0.2, 0.25) is 0 Å². The average Bonchev–Trinajstić information content (AvgIpc) is 2.59. The van der Waals surface area contributed by atoms with Crippen LogP contribution in [0.4, 0.5) is 0 Å². The van der Waals surface area contributed by atoms with E-state index in [-0.39, 0.29) is 0 Å². The molecule has 2 rings (SSSR count). The Morgan fingerprint density at radius 2 is 0.538 bits per heavy atom. The molecule has 148 valence electrons. The normalized spacial score (nSPS) is 7.00. The molecule has 6 heteroatoms. The summed E-state index contributed by atoms with van der Waals surface area (Å²) in [6, 6.07) is 24.0. The first-order chi connectivity index (χ1) is 12.3. The minimum atomic E-state index is -0.500. The van der Waals surface area contributed by atoms with Crippen LogP contribution in [0.3, 0.4) is 0 Å². The van der Waals surface area contributed by atoms with Crippen LogP contribution in [0.2, 0.25) is 0 Å². The van der Waals surface area contributed by atoms with Crippen molar-refractivity contribution in [2.45, 2.75) is 40.5 Å². The second-order valence-corrected chi connectivity index (χ2v) is 4.60. The lowest BCUT2D eigenvalue weighted by Crippen LogP contribution is -1.79. The van der Waals surface area contributed by atoms with Crippen molar-refractivity contribution in [3.05, 3.63) is 93.0 Å². The van der Waals surface area contributed by atoms with Gasteiger partial charge >= 0.3 is 0 Å². The molecule has 0 amide bonds. The lowest BCUT2D eigenvalue weighted by molar-refractivity contribution is -0.445. The summed E-state index contributed by atoms with van der Waals surface area (Å²) in [6.07, 6.45) is 2.50. The lowest BCUT2D eigenvalue weighted by atomic mass is 10.4. The van der Waals surface area contributed by atoms with Crippen molar-refractivity contribution >= 4 is 0 Å². The number of nitro groups is 2. The second-order valence-electron chi connectivity index (χ2n) is 4.60. The Morgan fingerprint density at radius 1 is 0.500 bits per heavy atom.